The van der Waals surface area contributed by atoms with Crippen molar-refractivity contribution in [1.82, 2.24) is 0 Å². The minimum Gasteiger partial charge on any atom is -0.494 e. The topological polar surface area (TPSA) is 9.23 Å². The molecular formula is C10H20O. The molecule has 1 rings (SSSR count). The van der Waals surface area contributed by atoms with E-state index in [9.17, 15) is 0 Å². The third-order valence-electron chi connectivity index (χ3n) is 1.07. The maximum atomic E-state index is 4.97. The Balaban J connectivity index is 0. The molecule has 0 N–H and O–H groups in total. The first-order chi connectivity index (χ1) is 5.30. The van der Waals surface area contributed by atoms with E-state index in [1.807, 2.05) is 27.7 Å². The fourth-order valence-electron chi connectivity index (χ4n) is 0.539. The Bertz CT molecular complexity index is 100. The summed E-state index contributed by atoms with van der Waals surface area (Å²) in [6.07, 6.45) is 0.957. The maximum absolute atomic E-state index is 4.97. The minimum atomic E-state index is 0.764. The van der Waals surface area contributed by atoms with Gasteiger partial charge in [0.25, 0.3) is 0 Å². The summed E-state index contributed by atoms with van der Waals surface area (Å²) < 4.78 is 4.97. The monoisotopic (exact) mass is 156 g/mol. The van der Waals surface area contributed by atoms with Crippen molar-refractivity contribution in [3.8, 4) is 0 Å². The second kappa shape index (κ2) is 9.28. The van der Waals surface area contributed by atoms with Gasteiger partial charge in [-0.05, 0) is 5.57 Å². The van der Waals surface area contributed by atoms with Crippen LogP contribution in [0.3, 0.4) is 0 Å². The van der Waals surface area contributed by atoms with Crippen LogP contribution in [-0.4, -0.2) is 6.61 Å². The molecule has 0 saturated carbocycles. The molecule has 0 spiro atoms. The average molecular weight is 156 g/mol. The van der Waals surface area contributed by atoms with Gasteiger partial charge in [-0.2, -0.15) is 0 Å². The largest absolute Gasteiger partial charge is 0.494 e. The standard InChI is InChI=1S/C6H8O.2C2H6/c1-5-3-4-7-6(5)2;2*1-2/h1-4H2;2*1-2H3. The quantitative estimate of drug-likeness (QED) is 0.521. The van der Waals surface area contributed by atoms with E-state index < -0.39 is 0 Å². The van der Waals surface area contributed by atoms with Gasteiger partial charge in [-0.3, -0.25) is 0 Å². The van der Waals surface area contributed by atoms with E-state index in [-0.39, 0.29) is 0 Å². The van der Waals surface area contributed by atoms with Crippen LogP contribution in [0.2, 0.25) is 0 Å². The minimum absolute atomic E-state index is 0.764. The van der Waals surface area contributed by atoms with E-state index in [0.29, 0.717) is 0 Å². The van der Waals surface area contributed by atoms with Crippen molar-refractivity contribution in [2.75, 3.05) is 6.61 Å². The van der Waals surface area contributed by atoms with Crippen molar-refractivity contribution in [3.63, 3.8) is 0 Å². The molecule has 66 valence electrons. The van der Waals surface area contributed by atoms with Gasteiger partial charge in [-0.15, -0.1) is 0 Å². The van der Waals surface area contributed by atoms with Crippen LogP contribution in [0.25, 0.3) is 0 Å². The SMILES string of the molecule is C=C1CCOC1=C.CC.CC. The zero-order valence-electron chi connectivity index (χ0n) is 8.24. The lowest BCUT2D eigenvalue weighted by molar-refractivity contribution is 0.267. The van der Waals surface area contributed by atoms with Crippen molar-refractivity contribution >= 4 is 0 Å². The number of hydrogen-bond donors (Lipinski definition) is 0. The second-order valence-electron chi connectivity index (χ2n) is 1.63. The van der Waals surface area contributed by atoms with Gasteiger partial charge in [0.2, 0.25) is 0 Å². The molecule has 0 bridgehead atoms. The van der Waals surface area contributed by atoms with Crippen LogP contribution in [0.4, 0.5) is 0 Å². The smallest absolute Gasteiger partial charge is 0.114 e. The van der Waals surface area contributed by atoms with Gasteiger partial charge in [-0.25, -0.2) is 0 Å². The lowest BCUT2D eigenvalue weighted by atomic mass is 10.2. The summed E-state index contributed by atoms with van der Waals surface area (Å²) in [4.78, 5) is 0. The van der Waals surface area contributed by atoms with Crippen LogP contribution in [0.5, 0.6) is 0 Å². The summed E-state index contributed by atoms with van der Waals surface area (Å²) in [5.74, 6) is 0.764. The molecular weight excluding hydrogens is 136 g/mol. The summed E-state index contributed by atoms with van der Waals surface area (Å²) in [5.41, 5.74) is 1.04. The van der Waals surface area contributed by atoms with Crippen LogP contribution >= 0.6 is 0 Å². The summed E-state index contributed by atoms with van der Waals surface area (Å²) in [7, 11) is 0. The first-order valence-electron chi connectivity index (χ1n) is 4.30. The van der Waals surface area contributed by atoms with Gasteiger partial charge >= 0.3 is 0 Å². The van der Waals surface area contributed by atoms with Gasteiger partial charge < -0.3 is 4.74 Å². The van der Waals surface area contributed by atoms with Crippen molar-refractivity contribution in [2.45, 2.75) is 34.1 Å². The summed E-state index contributed by atoms with van der Waals surface area (Å²) in [6.45, 7) is 16.1. The summed E-state index contributed by atoms with van der Waals surface area (Å²) >= 11 is 0. The Labute approximate surface area is 70.8 Å². The first kappa shape index (κ1) is 12.9. The van der Waals surface area contributed by atoms with Gasteiger partial charge in [0, 0.05) is 6.42 Å². The summed E-state index contributed by atoms with van der Waals surface area (Å²) in [5, 5.41) is 0. The van der Waals surface area contributed by atoms with Gasteiger partial charge in [0.15, 0.2) is 0 Å². The van der Waals surface area contributed by atoms with E-state index in [1.165, 1.54) is 0 Å². The Morgan fingerprint density at radius 3 is 1.64 bits per heavy atom. The highest BCUT2D eigenvalue weighted by Crippen LogP contribution is 2.18. The predicted molar refractivity (Wildman–Crippen MR) is 51.5 cm³/mol. The van der Waals surface area contributed by atoms with Crippen LogP contribution in [0.1, 0.15) is 34.1 Å². The Hall–Kier alpha value is -0.720. The number of allylic oxidation sites excluding steroid dienone is 1. The molecule has 0 aromatic heterocycles. The third kappa shape index (κ3) is 5.71. The highest BCUT2D eigenvalue weighted by atomic mass is 16.5. The molecule has 0 unspecified atom stereocenters. The van der Waals surface area contributed by atoms with E-state index in [4.69, 9.17) is 4.74 Å². The third-order valence-corrected chi connectivity index (χ3v) is 1.07. The van der Waals surface area contributed by atoms with Crippen LogP contribution < -0.4 is 0 Å². The van der Waals surface area contributed by atoms with E-state index in [1.54, 1.807) is 0 Å². The van der Waals surface area contributed by atoms with Crippen molar-refractivity contribution < 1.29 is 4.74 Å². The van der Waals surface area contributed by atoms with Crippen molar-refractivity contribution in [3.05, 3.63) is 24.5 Å². The lowest BCUT2D eigenvalue weighted by Crippen LogP contribution is -1.73. The molecule has 1 heterocycles. The Morgan fingerprint density at radius 2 is 1.55 bits per heavy atom. The molecule has 1 aliphatic heterocycles. The zero-order valence-corrected chi connectivity index (χ0v) is 8.24. The molecule has 1 saturated heterocycles. The normalized spacial score (nSPS) is 13.8. The van der Waals surface area contributed by atoms with Crippen molar-refractivity contribution in [1.29, 1.82) is 0 Å². The Morgan fingerprint density at radius 1 is 1.09 bits per heavy atom. The molecule has 0 amide bonds. The molecule has 1 aliphatic rings. The zero-order chi connectivity index (χ0) is 9.28. The molecule has 0 aromatic rings. The maximum Gasteiger partial charge on any atom is 0.114 e. The summed E-state index contributed by atoms with van der Waals surface area (Å²) in [6, 6.07) is 0. The van der Waals surface area contributed by atoms with Gasteiger partial charge in [0.05, 0.1) is 6.61 Å². The molecule has 1 fully saturated rings. The van der Waals surface area contributed by atoms with E-state index >= 15 is 0 Å². The number of hydrogen-bond acceptors (Lipinski definition) is 1. The predicted octanol–water partition coefficient (Wildman–Crippen LogP) is 3.53. The average Bonchev–Trinajstić information content (AvgIpc) is 2.44. The Kier molecular flexibility index (Phi) is 10.9. The first-order valence-corrected chi connectivity index (χ1v) is 4.30. The van der Waals surface area contributed by atoms with Crippen LogP contribution in [-0.2, 0) is 4.74 Å². The highest BCUT2D eigenvalue weighted by molar-refractivity contribution is 5.22. The van der Waals surface area contributed by atoms with E-state index in [0.717, 1.165) is 24.4 Å². The van der Waals surface area contributed by atoms with Crippen LogP contribution in [0, 0.1) is 0 Å². The molecule has 11 heavy (non-hydrogen) atoms. The molecule has 0 atom stereocenters. The second-order valence-corrected chi connectivity index (χ2v) is 1.63. The highest BCUT2D eigenvalue weighted by Gasteiger charge is 2.07. The lowest BCUT2D eigenvalue weighted by Gasteiger charge is -1.90. The number of ether oxygens (including phenoxy) is 1. The fourth-order valence-corrected chi connectivity index (χ4v) is 0.539. The fraction of sp³-hybridized carbons (Fsp3) is 0.600. The van der Waals surface area contributed by atoms with Crippen molar-refractivity contribution in [2.24, 2.45) is 0 Å². The number of rotatable bonds is 0. The van der Waals surface area contributed by atoms with Gasteiger partial charge in [0.1, 0.15) is 5.76 Å². The van der Waals surface area contributed by atoms with Gasteiger partial charge in [-0.1, -0.05) is 40.9 Å². The molecule has 0 aliphatic carbocycles. The molecule has 1 nitrogen and oxygen atoms in total. The molecule has 0 radical (unpaired) electrons. The molecule has 0 aromatic carbocycles. The molecule has 1 heteroatoms. The van der Waals surface area contributed by atoms with Crippen LogP contribution in [0.15, 0.2) is 24.5 Å². The van der Waals surface area contributed by atoms with E-state index in [2.05, 4.69) is 13.2 Å².